The number of benzene rings is 12. The van der Waals surface area contributed by atoms with Crippen molar-refractivity contribution in [3.8, 4) is 55.9 Å². The molecule has 0 fully saturated rings. The number of rotatable bonds is 9. The maximum atomic E-state index is 4.41. The van der Waals surface area contributed by atoms with Crippen molar-refractivity contribution in [2.75, 3.05) is 4.90 Å². The summed E-state index contributed by atoms with van der Waals surface area (Å²) < 4.78 is 4.89. The molecule has 0 saturated heterocycles. The van der Waals surface area contributed by atoms with Gasteiger partial charge in [-0.25, -0.2) is 0 Å². The first-order valence-electron chi connectivity index (χ1n) is 26.3. The molecule has 0 saturated carbocycles. The van der Waals surface area contributed by atoms with Crippen molar-refractivity contribution in [1.82, 2.24) is 14.1 Å². The molecule has 360 valence electrons. The summed E-state index contributed by atoms with van der Waals surface area (Å²) >= 11 is 0. The van der Waals surface area contributed by atoms with Crippen molar-refractivity contribution in [3.63, 3.8) is 0 Å². The summed E-state index contributed by atoms with van der Waals surface area (Å²) in [6.45, 7) is 0. The van der Waals surface area contributed by atoms with Crippen LogP contribution in [0.4, 0.5) is 17.1 Å². The van der Waals surface area contributed by atoms with Crippen LogP contribution in [0, 0.1) is 0 Å². The van der Waals surface area contributed by atoms with Crippen molar-refractivity contribution >= 4 is 82.2 Å². The molecule has 0 unspecified atom stereocenters. The van der Waals surface area contributed by atoms with Gasteiger partial charge in [0, 0.05) is 62.4 Å². The Labute approximate surface area is 446 Å². The molecule has 0 aliphatic rings. The Morgan fingerprint density at radius 3 is 1.53 bits per heavy atom. The maximum absolute atomic E-state index is 4.41. The average molecular weight is 981 g/mol. The number of anilines is 3. The molecule has 3 heterocycles. The average Bonchev–Trinajstić information content (AvgIpc) is 4.03. The van der Waals surface area contributed by atoms with Crippen molar-refractivity contribution in [2.45, 2.75) is 0 Å². The van der Waals surface area contributed by atoms with Gasteiger partial charge in [0.25, 0.3) is 0 Å². The Morgan fingerprint density at radius 2 is 0.805 bits per heavy atom. The van der Waals surface area contributed by atoms with E-state index in [9.17, 15) is 0 Å². The fourth-order valence-electron chi connectivity index (χ4n) is 12.0. The lowest BCUT2D eigenvalue weighted by atomic mass is 9.89. The quantitative estimate of drug-likeness (QED) is 0.144. The van der Waals surface area contributed by atoms with Gasteiger partial charge in [0.1, 0.15) is 0 Å². The first-order chi connectivity index (χ1) is 38.2. The van der Waals surface area contributed by atoms with Gasteiger partial charge in [-0.3, -0.25) is 4.98 Å². The van der Waals surface area contributed by atoms with E-state index in [4.69, 9.17) is 0 Å². The van der Waals surface area contributed by atoms with Crippen LogP contribution in [0.1, 0.15) is 0 Å². The molecule has 0 amide bonds. The van der Waals surface area contributed by atoms with E-state index in [0.717, 1.165) is 72.9 Å². The third kappa shape index (κ3) is 7.49. The van der Waals surface area contributed by atoms with E-state index in [-0.39, 0.29) is 0 Å². The van der Waals surface area contributed by atoms with Gasteiger partial charge in [-0.05, 0) is 175 Å². The molecule has 0 N–H and O–H groups in total. The van der Waals surface area contributed by atoms with E-state index in [1.807, 2.05) is 18.5 Å². The smallest absolute Gasteiger partial charge is 0.0553 e. The zero-order valence-corrected chi connectivity index (χ0v) is 42.0. The molecule has 15 aromatic rings. The molecule has 0 atom stereocenters. The summed E-state index contributed by atoms with van der Waals surface area (Å²) in [5, 5.41) is 9.90. The molecule has 15 rings (SSSR count). The first-order valence-corrected chi connectivity index (χ1v) is 26.3. The Hall–Kier alpha value is -10.3. The number of nitrogens with zero attached hydrogens (tertiary/aromatic N) is 4. The summed E-state index contributed by atoms with van der Waals surface area (Å²) in [4.78, 5) is 6.73. The second-order valence-corrected chi connectivity index (χ2v) is 19.9. The highest BCUT2D eigenvalue weighted by atomic mass is 15.1. The summed E-state index contributed by atoms with van der Waals surface area (Å²) in [6, 6.07) is 102. The van der Waals surface area contributed by atoms with Gasteiger partial charge in [-0.1, -0.05) is 170 Å². The lowest BCUT2D eigenvalue weighted by molar-refractivity contribution is 1.18. The zero-order valence-electron chi connectivity index (χ0n) is 42.0. The van der Waals surface area contributed by atoms with Crippen molar-refractivity contribution in [2.24, 2.45) is 0 Å². The van der Waals surface area contributed by atoms with Crippen LogP contribution < -0.4 is 4.90 Å². The van der Waals surface area contributed by atoms with Crippen LogP contribution in [0.15, 0.2) is 291 Å². The molecule has 0 radical (unpaired) electrons. The number of aromatic nitrogens is 3. The highest BCUT2D eigenvalue weighted by Gasteiger charge is 2.21. The minimum absolute atomic E-state index is 1.09. The highest BCUT2D eigenvalue weighted by molar-refractivity contribution is 6.25. The Bertz CT molecular complexity index is 4660. The number of hydrogen-bond donors (Lipinski definition) is 0. The molecule has 4 nitrogen and oxygen atoms in total. The van der Waals surface area contributed by atoms with Crippen LogP contribution >= 0.6 is 0 Å². The van der Waals surface area contributed by atoms with Crippen molar-refractivity contribution in [3.05, 3.63) is 291 Å². The van der Waals surface area contributed by atoms with Gasteiger partial charge in [0.2, 0.25) is 0 Å². The van der Waals surface area contributed by atoms with Gasteiger partial charge in [0.15, 0.2) is 0 Å². The minimum atomic E-state index is 1.09. The van der Waals surface area contributed by atoms with E-state index in [1.165, 1.54) is 65.2 Å². The van der Waals surface area contributed by atoms with Crippen LogP contribution in [-0.2, 0) is 0 Å². The standard InChI is InChI=1S/C73H48N4/c1-4-19-57(20-5-1)75(58-21-6-2-7-22-58)60-36-32-50(33-37-60)54-43-55(52-34-40-66-70(46-52)77(59-23-8-3-9-24-59)69-41-35-51-17-10-11-25-62(51)72(66)69)45-56(44-54)67-47-71-73(64-27-13-12-26-63(64)67)65-28-14-15-29-68(65)76(71)61-38-30-49(31-39-61)53-18-16-42-74-48-53/h1-48H. The second kappa shape index (κ2) is 18.3. The molecule has 0 aliphatic heterocycles. The molecule has 12 aromatic carbocycles. The van der Waals surface area contributed by atoms with E-state index >= 15 is 0 Å². The van der Waals surface area contributed by atoms with E-state index in [0.29, 0.717) is 0 Å². The largest absolute Gasteiger partial charge is 0.311 e. The number of hydrogen-bond acceptors (Lipinski definition) is 2. The van der Waals surface area contributed by atoms with E-state index in [2.05, 4.69) is 292 Å². The Kier molecular flexibility index (Phi) is 10.5. The zero-order chi connectivity index (χ0) is 50.8. The molecule has 0 bridgehead atoms. The van der Waals surface area contributed by atoms with E-state index < -0.39 is 0 Å². The van der Waals surface area contributed by atoms with Crippen LogP contribution in [-0.4, -0.2) is 14.1 Å². The van der Waals surface area contributed by atoms with Crippen LogP contribution in [0.5, 0.6) is 0 Å². The number of pyridine rings is 1. The van der Waals surface area contributed by atoms with Gasteiger partial charge >= 0.3 is 0 Å². The predicted molar refractivity (Wildman–Crippen MR) is 324 cm³/mol. The van der Waals surface area contributed by atoms with Gasteiger partial charge in [-0.2, -0.15) is 0 Å². The lowest BCUT2D eigenvalue weighted by Gasteiger charge is -2.25. The van der Waals surface area contributed by atoms with Crippen LogP contribution in [0.2, 0.25) is 0 Å². The fourth-order valence-corrected chi connectivity index (χ4v) is 12.0. The SMILES string of the molecule is c1ccc(N(c2ccccc2)c2ccc(-c3cc(-c4ccc5c6c7ccccc7ccc6n(-c6ccccc6)c5c4)cc(-c4cc5c(c6ccccc46)c4ccccc4n5-c4ccc(-c5cccnc5)cc4)c3)cc2)cc1. The monoisotopic (exact) mass is 980 g/mol. The third-order valence-corrected chi connectivity index (χ3v) is 15.5. The van der Waals surface area contributed by atoms with Gasteiger partial charge in [0.05, 0.1) is 22.1 Å². The molecule has 77 heavy (non-hydrogen) atoms. The molecular weight excluding hydrogens is 933 g/mol. The van der Waals surface area contributed by atoms with Crippen molar-refractivity contribution in [1.29, 1.82) is 0 Å². The highest BCUT2D eigenvalue weighted by Crippen LogP contribution is 2.45. The van der Waals surface area contributed by atoms with Crippen LogP contribution in [0.25, 0.3) is 121 Å². The predicted octanol–water partition coefficient (Wildman–Crippen LogP) is 19.7. The third-order valence-electron chi connectivity index (χ3n) is 15.5. The molecule has 3 aromatic heterocycles. The summed E-state index contributed by atoms with van der Waals surface area (Å²) in [7, 11) is 0. The lowest BCUT2D eigenvalue weighted by Crippen LogP contribution is -2.09. The first kappa shape index (κ1) is 44.2. The Morgan fingerprint density at radius 1 is 0.273 bits per heavy atom. The molecular formula is C73H48N4. The molecule has 0 aliphatic carbocycles. The normalized spacial score (nSPS) is 11.6. The maximum Gasteiger partial charge on any atom is 0.0553 e. The minimum Gasteiger partial charge on any atom is -0.311 e. The topological polar surface area (TPSA) is 26.0 Å². The van der Waals surface area contributed by atoms with Gasteiger partial charge in [-0.15, -0.1) is 0 Å². The van der Waals surface area contributed by atoms with Gasteiger partial charge < -0.3 is 14.0 Å². The number of para-hydroxylation sites is 4. The van der Waals surface area contributed by atoms with Crippen molar-refractivity contribution < 1.29 is 0 Å². The summed E-state index contributed by atoms with van der Waals surface area (Å²) in [5.74, 6) is 0. The van der Waals surface area contributed by atoms with Crippen LogP contribution in [0.3, 0.4) is 0 Å². The summed E-state index contributed by atoms with van der Waals surface area (Å²) in [6.07, 6.45) is 3.75. The number of fused-ring (bicyclic) bond motifs is 10. The summed E-state index contributed by atoms with van der Waals surface area (Å²) in [5.41, 5.74) is 19.4. The van der Waals surface area contributed by atoms with E-state index in [1.54, 1.807) is 0 Å². The molecule has 0 spiro atoms. The second-order valence-electron chi connectivity index (χ2n) is 19.9. The molecule has 4 heteroatoms. The fraction of sp³-hybridized carbons (Fsp3) is 0. The Balaban J connectivity index is 0.966.